The SMILES string of the molecule is [Cl-].[Cl-].[Cl-].[Ti+3][CH]1C=Cc2ccccc21. The molecule has 0 heterocycles. The van der Waals surface area contributed by atoms with Crippen LogP contribution in [-0.4, -0.2) is 0 Å². The van der Waals surface area contributed by atoms with E-state index >= 15 is 0 Å². The third-order valence-corrected chi connectivity index (χ3v) is 2.59. The molecule has 2 rings (SSSR count). The summed E-state index contributed by atoms with van der Waals surface area (Å²) in [7, 11) is 0. The Bertz CT molecular complexity index is 286. The fourth-order valence-corrected chi connectivity index (χ4v) is 1.81. The van der Waals surface area contributed by atoms with Gasteiger partial charge >= 0.3 is 72.2 Å². The second kappa shape index (κ2) is 6.92. The molecule has 0 radical (unpaired) electrons. The second-order valence-corrected chi connectivity index (χ2v) is 3.44. The summed E-state index contributed by atoms with van der Waals surface area (Å²) >= 11 is 2.22. The first kappa shape index (κ1) is 16.0. The number of allylic oxidation sites excluding steroid dienone is 1. The Hall–Kier alpha value is 0.544. The molecule has 4 heteroatoms. The van der Waals surface area contributed by atoms with Crippen molar-refractivity contribution in [2.45, 2.75) is 4.22 Å². The van der Waals surface area contributed by atoms with E-state index < -0.39 is 0 Å². The summed E-state index contributed by atoms with van der Waals surface area (Å²) in [6.45, 7) is 0. The first-order chi connectivity index (χ1) is 4.88. The van der Waals surface area contributed by atoms with Gasteiger partial charge in [0.2, 0.25) is 0 Å². The van der Waals surface area contributed by atoms with Crippen molar-refractivity contribution < 1.29 is 57.7 Å². The van der Waals surface area contributed by atoms with Crippen molar-refractivity contribution in [3.8, 4) is 0 Å². The van der Waals surface area contributed by atoms with Crippen molar-refractivity contribution >= 4 is 6.08 Å². The van der Waals surface area contributed by atoms with Crippen molar-refractivity contribution in [1.82, 2.24) is 0 Å². The van der Waals surface area contributed by atoms with Gasteiger partial charge in [-0.05, 0) is 0 Å². The Morgan fingerprint density at radius 3 is 2.23 bits per heavy atom. The molecule has 0 bridgehead atoms. The summed E-state index contributed by atoms with van der Waals surface area (Å²) in [5.41, 5.74) is 2.84. The summed E-state index contributed by atoms with van der Waals surface area (Å²) < 4.78 is 0.621. The fraction of sp³-hybridized carbons (Fsp3) is 0.111. The molecular formula is C9H7Cl3Ti. The molecule has 0 fully saturated rings. The quantitative estimate of drug-likeness (QED) is 0.411. The van der Waals surface area contributed by atoms with E-state index in [-0.39, 0.29) is 37.2 Å². The van der Waals surface area contributed by atoms with Crippen LogP contribution in [0.15, 0.2) is 30.3 Å². The first-order valence-corrected chi connectivity index (χ1v) is 4.26. The second-order valence-electron chi connectivity index (χ2n) is 2.47. The van der Waals surface area contributed by atoms with Crippen molar-refractivity contribution in [3.63, 3.8) is 0 Å². The molecule has 0 amide bonds. The first-order valence-electron chi connectivity index (χ1n) is 3.36. The van der Waals surface area contributed by atoms with Crippen LogP contribution >= 0.6 is 0 Å². The van der Waals surface area contributed by atoms with Crippen molar-refractivity contribution in [2.24, 2.45) is 0 Å². The monoisotopic (exact) mass is 268 g/mol. The molecule has 0 aliphatic heterocycles. The van der Waals surface area contributed by atoms with Crippen LogP contribution in [0.5, 0.6) is 0 Å². The number of halogens is 3. The van der Waals surface area contributed by atoms with E-state index in [0.29, 0.717) is 4.22 Å². The van der Waals surface area contributed by atoms with Gasteiger partial charge in [0, 0.05) is 0 Å². The normalized spacial score (nSPS) is 16.3. The number of hydrogen-bond donors (Lipinski definition) is 0. The standard InChI is InChI=1S/C9H7.3ClH.Ti/c1-2-5-9-7-3-6-8(9)4-1;;;;/h1-7H;3*1H;/q;;;;+3/p-3. The number of hydrogen-bond acceptors (Lipinski definition) is 0. The van der Waals surface area contributed by atoms with E-state index in [1.54, 1.807) is 0 Å². The van der Waals surface area contributed by atoms with Crippen molar-refractivity contribution in [3.05, 3.63) is 41.5 Å². The predicted octanol–water partition coefficient (Wildman–Crippen LogP) is -6.69. The van der Waals surface area contributed by atoms with Gasteiger partial charge in [-0.25, -0.2) is 0 Å². The molecule has 1 unspecified atom stereocenters. The minimum atomic E-state index is 0. The fourth-order valence-electron chi connectivity index (χ4n) is 1.25. The van der Waals surface area contributed by atoms with Gasteiger partial charge in [-0.3, -0.25) is 0 Å². The van der Waals surface area contributed by atoms with E-state index in [1.165, 1.54) is 11.1 Å². The van der Waals surface area contributed by atoms with Gasteiger partial charge in [-0.2, -0.15) is 0 Å². The van der Waals surface area contributed by atoms with Crippen LogP contribution < -0.4 is 37.2 Å². The Balaban J connectivity index is 0. The van der Waals surface area contributed by atoms with Gasteiger partial charge < -0.3 is 37.2 Å². The molecule has 13 heavy (non-hydrogen) atoms. The molecule has 0 aromatic heterocycles. The van der Waals surface area contributed by atoms with Crippen LogP contribution in [0.3, 0.4) is 0 Å². The van der Waals surface area contributed by atoms with Gasteiger partial charge in [-0.15, -0.1) is 0 Å². The average molecular weight is 269 g/mol. The zero-order chi connectivity index (χ0) is 6.97. The molecule has 1 atom stereocenters. The molecule has 0 nitrogen and oxygen atoms in total. The molecule has 1 aliphatic rings. The van der Waals surface area contributed by atoms with Crippen LogP contribution in [0, 0.1) is 0 Å². The Morgan fingerprint density at radius 1 is 1.00 bits per heavy atom. The minimum absolute atomic E-state index is 0. The van der Waals surface area contributed by atoms with E-state index in [1.807, 2.05) is 0 Å². The summed E-state index contributed by atoms with van der Waals surface area (Å²) in [4.78, 5) is 0. The maximum absolute atomic E-state index is 2.24. The van der Waals surface area contributed by atoms with Crippen LogP contribution in [-0.2, 0) is 20.4 Å². The van der Waals surface area contributed by atoms with E-state index in [0.717, 1.165) is 0 Å². The Labute approximate surface area is 109 Å². The molecule has 68 valence electrons. The summed E-state index contributed by atoms with van der Waals surface area (Å²) in [6, 6.07) is 8.54. The zero-order valence-electron chi connectivity index (χ0n) is 6.68. The Kier molecular flexibility index (Phi) is 8.51. The predicted molar refractivity (Wildman–Crippen MR) is 38.2 cm³/mol. The van der Waals surface area contributed by atoms with E-state index in [9.17, 15) is 0 Å². The molecule has 1 aliphatic carbocycles. The summed E-state index contributed by atoms with van der Waals surface area (Å²) in [5, 5.41) is 0. The topological polar surface area (TPSA) is 0 Å². The number of benzene rings is 1. The molecule has 1 aromatic rings. The summed E-state index contributed by atoms with van der Waals surface area (Å²) in [5.74, 6) is 0. The van der Waals surface area contributed by atoms with Gasteiger partial charge in [0.25, 0.3) is 0 Å². The van der Waals surface area contributed by atoms with Crippen LogP contribution in [0.4, 0.5) is 0 Å². The molecule has 0 spiro atoms. The molecule has 0 saturated heterocycles. The van der Waals surface area contributed by atoms with Gasteiger partial charge in [0.1, 0.15) is 0 Å². The third kappa shape index (κ3) is 3.30. The van der Waals surface area contributed by atoms with Crippen molar-refractivity contribution in [2.75, 3.05) is 0 Å². The molecule has 0 N–H and O–H groups in total. The zero-order valence-corrected chi connectivity index (χ0v) is 10.5. The number of fused-ring (bicyclic) bond motifs is 1. The van der Waals surface area contributed by atoms with Gasteiger partial charge in [-0.1, -0.05) is 0 Å². The van der Waals surface area contributed by atoms with Crippen LogP contribution in [0.1, 0.15) is 15.3 Å². The molecule has 0 saturated carbocycles. The van der Waals surface area contributed by atoms with Crippen molar-refractivity contribution in [1.29, 1.82) is 0 Å². The van der Waals surface area contributed by atoms with E-state index in [4.69, 9.17) is 0 Å². The maximum atomic E-state index is 2.24. The third-order valence-electron chi connectivity index (χ3n) is 1.80. The van der Waals surface area contributed by atoms with E-state index in [2.05, 4.69) is 56.9 Å². The molecule has 1 aromatic carbocycles. The Morgan fingerprint density at radius 2 is 1.62 bits per heavy atom. The van der Waals surface area contributed by atoms with Crippen LogP contribution in [0.2, 0.25) is 0 Å². The average Bonchev–Trinajstić information content (AvgIpc) is 2.34. The molecular weight excluding hydrogens is 262 g/mol. The van der Waals surface area contributed by atoms with Gasteiger partial charge in [0.05, 0.1) is 0 Å². The van der Waals surface area contributed by atoms with Crippen LogP contribution in [0.25, 0.3) is 6.08 Å². The van der Waals surface area contributed by atoms with Gasteiger partial charge in [0.15, 0.2) is 0 Å². The summed E-state index contributed by atoms with van der Waals surface area (Å²) in [6.07, 6.45) is 4.44. The number of rotatable bonds is 0.